The summed E-state index contributed by atoms with van der Waals surface area (Å²) in [6.45, 7) is 2.08. The number of thiophene rings is 1. The summed E-state index contributed by atoms with van der Waals surface area (Å²) in [6.07, 6.45) is 4.05. The maximum Gasteiger partial charge on any atom is 0.256 e. The van der Waals surface area contributed by atoms with E-state index in [0.717, 1.165) is 31.2 Å². The molecule has 1 aromatic heterocycles. The van der Waals surface area contributed by atoms with Crippen molar-refractivity contribution in [3.63, 3.8) is 0 Å². The first-order valence-corrected chi connectivity index (χ1v) is 7.99. The quantitative estimate of drug-likeness (QED) is 0.933. The largest absolute Gasteiger partial charge is 0.312 e. The molecule has 1 aliphatic carbocycles. The first kappa shape index (κ1) is 13.8. The lowest BCUT2D eigenvalue weighted by molar-refractivity contribution is 0.102. The molecule has 0 fully saturated rings. The summed E-state index contributed by atoms with van der Waals surface area (Å²) in [5, 5.41) is 12.9. The molecule has 0 radical (unpaired) electrons. The number of rotatable bonds is 3. The van der Waals surface area contributed by atoms with Crippen LogP contribution >= 0.6 is 11.3 Å². The number of amides is 1. The minimum absolute atomic E-state index is 0.144. The molecular weight excluding hydrogens is 280 g/mol. The highest BCUT2D eigenvalue weighted by Crippen LogP contribution is 2.38. The van der Waals surface area contributed by atoms with Gasteiger partial charge in [0.15, 0.2) is 0 Å². The van der Waals surface area contributed by atoms with Crippen molar-refractivity contribution in [2.45, 2.75) is 32.6 Å². The number of nitriles is 1. The number of carbonyl (C=O) groups excluding carboxylic acids is 1. The van der Waals surface area contributed by atoms with Gasteiger partial charge in [0.2, 0.25) is 0 Å². The molecule has 21 heavy (non-hydrogen) atoms. The molecule has 0 aliphatic heterocycles. The highest BCUT2D eigenvalue weighted by atomic mass is 32.1. The van der Waals surface area contributed by atoms with E-state index in [4.69, 9.17) is 0 Å². The predicted octanol–water partition coefficient (Wildman–Crippen LogP) is 3.92. The molecule has 3 rings (SSSR count). The lowest BCUT2D eigenvalue weighted by atomic mass is 10.1. The van der Waals surface area contributed by atoms with Crippen molar-refractivity contribution >= 4 is 22.2 Å². The predicted molar refractivity (Wildman–Crippen MR) is 84.8 cm³/mol. The van der Waals surface area contributed by atoms with Gasteiger partial charge in [0.25, 0.3) is 5.91 Å². The highest BCUT2D eigenvalue weighted by Gasteiger charge is 2.23. The van der Waals surface area contributed by atoms with Gasteiger partial charge in [-0.1, -0.05) is 19.1 Å². The van der Waals surface area contributed by atoms with Crippen LogP contribution in [0, 0.1) is 11.3 Å². The van der Waals surface area contributed by atoms with E-state index in [1.54, 1.807) is 11.3 Å². The average Bonchev–Trinajstić information content (AvgIpc) is 3.07. The number of nitrogens with zero attached hydrogens (tertiary/aromatic N) is 1. The summed E-state index contributed by atoms with van der Waals surface area (Å²) < 4.78 is 0. The van der Waals surface area contributed by atoms with E-state index in [9.17, 15) is 10.1 Å². The van der Waals surface area contributed by atoms with Gasteiger partial charge in [-0.2, -0.15) is 5.26 Å². The zero-order valence-electron chi connectivity index (χ0n) is 11.9. The van der Waals surface area contributed by atoms with Gasteiger partial charge in [-0.05, 0) is 48.9 Å². The van der Waals surface area contributed by atoms with Crippen molar-refractivity contribution < 1.29 is 4.79 Å². The van der Waals surface area contributed by atoms with Crippen LogP contribution in [0.4, 0.5) is 5.00 Å². The third kappa shape index (κ3) is 2.57. The molecule has 0 saturated carbocycles. The monoisotopic (exact) mass is 296 g/mol. The maximum atomic E-state index is 12.3. The molecule has 4 heteroatoms. The van der Waals surface area contributed by atoms with Gasteiger partial charge in [-0.3, -0.25) is 4.79 Å². The Morgan fingerprint density at radius 2 is 2.10 bits per heavy atom. The van der Waals surface area contributed by atoms with Gasteiger partial charge < -0.3 is 5.32 Å². The Labute approximate surface area is 128 Å². The molecule has 1 heterocycles. The second kappa shape index (κ2) is 5.71. The number of nitrogens with one attached hydrogen (secondary N) is 1. The van der Waals surface area contributed by atoms with Crippen LogP contribution in [0.25, 0.3) is 0 Å². The molecule has 1 aliphatic rings. The molecule has 1 aromatic carbocycles. The van der Waals surface area contributed by atoms with E-state index in [0.29, 0.717) is 16.1 Å². The fourth-order valence-electron chi connectivity index (χ4n) is 2.68. The van der Waals surface area contributed by atoms with Crippen molar-refractivity contribution in [3.8, 4) is 6.07 Å². The summed E-state index contributed by atoms with van der Waals surface area (Å²) in [4.78, 5) is 13.5. The molecule has 0 spiro atoms. The van der Waals surface area contributed by atoms with Gasteiger partial charge in [0.1, 0.15) is 11.1 Å². The van der Waals surface area contributed by atoms with E-state index in [2.05, 4.69) is 18.3 Å². The SMILES string of the molecule is CCc1ccc(C(=O)Nc2sc3c(c2C#N)CCC3)cc1. The molecular formula is C17H16N2OS. The zero-order chi connectivity index (χ0) is 14.8. The number of hydrogen-bond acceptors (Lipinski definition) is 3. The number of benzene rings is 1. The van der Waals surface area contributed by atoms with Crippen molar-refractivity contribution in [2.75, 3.05) is 5.32 Å². The number of fused-ring (bicyclic) bond motifs is 1. The summed E-state index contributed by atoms with van der Waals surface area (Å²) in [5.74, 6) is -0.144. The smallest absolute Gasteiger partial charge is 0.256 e. The Bertz CT molecular complexity index is 722. The number of anilines is 1. The number of aryl methyl sites for hydroxylation is 2. The zero-order valence-corrected chi connectivity index (χ0v) is 12.7. The molecule has 1 amide bonds. The van der Waals surface area contributed by atoms with Crippen LogP contribution < -0.4 is 5.32 Å². The van der Waals surface area contributed by atoms with Gasteiger partial charge in [0.05, 0.1) is 5.56 Å². The van der Waals surface area contributed by atoms with E-state index in [1.807, 2.05) is 24.3 Å². The molecule has 0 atom stereocenters. The van der Waals surface area contributed by atoms with Crippen LogP contribution in [0.1, 0.15) is 45.3 Å². The first-order chi connectivity index (χ1) is 10.2. The van der Waals surface area contributed by atoms with E-state index in [-0.39, 0.29) is 5.91 Å². The average molecular weight is 296 g/mol. The highest BCUT2D eigenvalue weighted by molar-refractivity contribution is 7.16. The van der Waals surface area contributed by atoms with E-state index < -0.39 is 0 Å². The Morgan fingerprint density at radius 3 is 2.76 bits per heavy atom. The molecule has 106 valence electrons. The molecule has 0 saturated heterocycles. The van der Waals surface area contributed by atoms with Crippen molar-refractivity contribution in [1.29, 1.82) is 5.26 Å². The van der Waals surface area contributed by atoms with Crippen molar-refractivity contribution in [1.82, 2.24) is 0 Å². The normalized spacial score (nSPS) is 12.8. The molecule has 1 N–H and O–H groups in total. The Morgan fingerprint density at radius 1 is 1.33 bits per heavy atom. The fourth-order valence-corrected chi connectivity index (χ4v) is 3.91. The molecule has 3 nitrogen and oxygen atoms in total. The Hall–Kier alpha value is -2.12. The van der Waals surface area contributed by atoms with Crippen molar-refractivity contribution in [2.24, 2.45) is 0 Å². The van der Waals surface area contributed by atoms with Crippen LogP contribution in [-0.2, 0) is 19.3 Å². The van der Waals surface area contributed by atoms with Gasteiger partial charge in [-0.25, -0.2) is 0 Å². The summed E-state index contributed by atoms with van der Waals surface area (Å²) in [6, 6.07) is 9.85. The van der Waals surface area contributed by atoms with Crippen LogP contribution in [0.3, 0.4) is 0 Å². The third-order valence-corrected chi connectivity index (χ3v) is 5.09. The maximum absolute atomic E-state index is 12.3. The van der Waals surface area contributed by atoms with Gasteiger partial charge >= 0.3 is 0 Å². The second-order valence-corrected chi connectivity index (χ2v) is 6.28. The Kier molecular flexibility index (Phi) is 3.76. The Balaban J connectivity index is 1.83. The number of carbonyl (C=O) groups is 1. The minimum Gasteiger partial charge on any atom is -0.312 e. The first-order valence-electron chi connectivity index (χ1n) is 7.18. The second-order valence-electron chi connectivity index (χ2n) is 5.18. The van der Waals surface area contributed by atoms with Crippen molar-refractivity contribution in [3.05, 3.63) is 51.4 Å². The van der Waals surface area contributed by atoms with Gasteiger partial charge in [-0.15, -0.1) is 11.3 Å². The van der Waals surface area contributed by atoms with Crippen LogP contribution in [0.15, 0.2) is 24.3 Å². The lowest BCUT2D eigenvalue weighted by Gasteiger charge is -2.05. The third-order valence-electron chi connectivity index (χ3n) is 3.88. The molecule has 0 bridgehead atoms. The number of hydrogen-bond donors (Lipinski definition) is 1. The summed E-state index contributed by atoms with van der Waals surface area (Å²) in [7, 11) is 0. The van der Waals surface area contributed by atoms with Crippen LogP contribution in [0.2, 0.25) is 0 Å². The van der Waals surface area contributed by atoms with Crippen LogP contribution in [0.5, 0.6) is 0 Å². The fraction of sp³-hybridized carbons (Fsp3) is 0.294. The summed E-state index contributed by atoms with van der Waals surface area (Å²) in [5.41, 5.74) is 3.63. The summed E-state index contributed by atoms with van der Waals surface area (Å²) >= 11 is 1.55. The molecule has 0 unspecified atom stereocenters. The van der Waals surface area contributed by atoms with E-state index in [1.165, 1.54) is 10.4 Å². The topological polar surface area (TPSA) is 52.9 Å². The van der Waals surface area contributed by atoms with Crippen LogP contribution in [-0.4, -0.2) is 5.91 Å². The standard InChI is InChI=1S/C17H16N2OS/c1-2-11-6-8-12(9-7-11)16(20)19-17-14(10-18)13-4-3-5-15(13)21-17/h6-9H,2-5H2,1H3,(H,19,20). The van der Waals surface area contributed by atoms with Gasteiger partial charge in [0, 0.05) is 10.4 Å². The van der Waals surface area contributed by atoms with E-state index >= 15 is 0 Å². The minimum atomic E-state index is -0.144. The lowest BCUT2D eigenvalue weighted by Crippen LogP contribution is -2.11. The molecule has 2 aromatic rings.